The maximum atomic E-state index is 13.2. The minimum atomic E-state index is -0.335. The molecule has 3 heterocycles. The van der Waals surface area contributed by atoms with Crippen molar-refractivity contribution in [2.45, 2.75) is 49.9 Å². The van der Waals surface area contributed by atoms with Crippen LogP contribution in [0.5, 0.6) is 0 Å². The van der Waals surface area contributed by atoms with Crippen LogP contribution in [0.15, 0.2) is 29.4 Å². The summed E-state index contributed by atoms with van der Waals surface area (Å²) in [6.45, 7) is 7.10. The van der Waals surface area contributed by atoms with Gasteiger partial charge in [0.05, 0.1) is 23.5 Å². The molecule has 0 N–H and O–H groups in total. The van der Waals surface area contributed by atoms with Crippen LogP contribution in [0.4, 0.5) is 5.95 Å². The first-order chi connectivity index (χ1) is 16.0. The summed E-state index contributed by atoms with van der Waals surface area (Å²) >= 11 is 7.67. The molecule has 10 heteroatoms. The van der Waals surface area contributed by atoms with Crippen molar-refractivity contribution in [2.75, 3.05) is 37.7 Å². The Morgan fingerprint density at radius 2 is 1.91 bits per heavy atom. The van der Waals surface area contributed by atoms with Gasteiger partial charge in [-0.2, -0.15) is 0 Å². The molecule has 0 radical (unpaired) electrons. The maximum Gasteiger partial charge on any atom is 0.309 e. The van der Waals surface area contributed by atoms with Gasteiger partial charge in [0.15, 0.2) is 5.16 Å². The number of esters is 1. The number of piperidine rings is 1. The van der Waals surface area contributed by atoms with Crippen LogP contribution in [0, 0.1) is 5.92 Å². The Kier molecular flexibility index (Phi) is 7.80. The molecule has 2 aliphatic heterocycles. The van der Waals surface area contributed by atoms with Gasteiger partial charge in [-0.25, -0.2) is 0 Å². The summed E-state index contributed by atoms with van der Waals surface area (Å²) in [6.07, 6.45) is 3.53. The highest BCUT2D eigenvalue weighted by Gasteiger charge is 2.32. The Hall–Kier alpha value is -2.26. The topological polar surface area (TPSA) is 80.6 Å². The monoisotopic (exact) mass is 491 g/mol. The quantitative estimate of drug-likeness (QED) is 0.430. The van der Waals surface area contributed by atoms with E-state index in [1.807, 2.05) is 47.6 Å². The molecule has 2 fully saturated rings. The minimum absolute atomic E-state index is 0.0469. The molecule has 1 amide bonds. The lowest BCUT2D eigenvalue weighted by molar-refractivity contribution is -0.151. The van der Waals surface area contributed by atoms with Crippen molar-refractivity contribution in [2.24, 2.45) is 5.92 Å². The van der Waals surface area contributed by atoms with E-state index in [1.54, 1.807) is 0 Å². The summed E-state index contributed by atoms with van der Waals surface area (Å²) in [5.41, 5.74) is 0.881. The smallest absolute Gasteiger partial charge is 0.309 e. The highest BCUT2D eigenvalue weighted by molar-refractivity contribution is 8.00. The van der Waals surface area contributed by atoms with Gasteiger partial charge in [-0.05, 0) is 57.7 Å². The third-order valence-electron chi connectivity index (χ3n) is 6.13. The lowest BCUT2D eigenvalue weighted by Gasteiger charge is -2.32. The molecule has 33 heavy (non-hydrogen) atoms. The summed E-state index contributed by atoms with van der Waals surface area (Å²) in [6, 6.07) is 7.61. The zero-order valence-corrected chi connectivity index (χ0v) is 20.6. The zero-order valence-electron chi connectivity index (χ0n) is 19.1. The van der Waals surface area contributed by atoms with Gasteiger partial charge >= 0.3 is 5.97 Å². The maximum absolute atomic E-state index is 13.2. The first kappa shape index (κ1) is 23.9. The molecule has 8 nitrogen and oxygen atoms in total. The number of benzene rings is 1. The molecule has 0 bridgehead atoms. The molecule has 1 atom stereocenters. The molecule has 2 aromatic rings. The van der Waals surface area contributed by atoms with Crippen LogP contribution in [0.3, 0.4) is 0 Å². The van der Waals surface area contributed by atoms with Crippen molar-refractivity contribution in [3.63, 3.8) is 0 Å². The van der Waals surface area contributed by atoms with Crippen LogP contribution in [-0.4, -0.2) is 69.6 Å². The fourth-order valence-electron chi connectivity index (χ4n) is 4.36. The van der Waals surface area contributed by atoms with E-state index in [9.17, 15) is 9.59 Å². The van der Waals surface area contributed by atoms with E-state index in [1.165, 1.54) is 11.8 Å². The predicted molar refractivity (Wildman–Crippen MR) is 129 cm³/mol. The molecular weight excluding hydrogens is 462 g/mol. The van der Waals surface area contributed by atoms with Crippen LogP contribution < -0.4 is 4.90 Å². The summed E-state index contributed by atoms with van der Waals surface area (Å²) in [4.78, 5) is 29.2. The Morgan fingerprint density at radius 1 is 1.18 bits per heavy atom. The molecule has 2 saturated heterocycles. The summed E-state index contributed by atoms with van der Waals surface area (Å²) in [5, 5.41) is 9.89. The van der Waals surface area contributed by atoms with Crippen molar-refractivity contribution < 1.29 is 14.3 Å². The Morgan fingerprint density at radius 3 is 2.58 bits per heavy atom. The van der Waals surface area contributed by atoms with Crippen LogP contribution >= 0.6 is 23.4 Å². The Bertz CT molecular complexity index is 986. The second kappa shape index (κ2) is 10.8. The fraction of sp³-hybridized carbons (Fsp3) is 0.565. The van der Waals surface area contributed by atoms with Crippen molar-refractivity contribution in [3.05, 3.63) is 29.3 Å². The van der Waals surface area contributed by atoms with Crippen LogP contribution in [0.25, 0.3) is 5.69 Å². The molecule has 0 saturated carbocycles. The highest BCUT2D eigenvalue weighted by atomic mass is 35.5. The van der Waals surface area contributed by atoms with Crippen LogP contribution in [-0.2, 0) is 14.3 Å². The standard InChI is InChI=1S/C23H30ClN5O3S/c1-3-32-21(31)17-9-13-27(14-10-17)20(30)16(2)33-23-26-25-22(28-11-4-5-12-28)29(23)19-8-6-7-18(24)15-19/h6-8,15-17H,3-5,9-14H2,1-2H3. The molecule has 2 aliphatic rings. The van der Waals surface area contributed by atoms with Gasteiger partial charge in [0.1, 0.15) is 0 Å². The van der Waals surface area contributed by atoms with Crippen molar-refractivity contribution in [3.8, 4) is 5.69 Å². The number of hydrogen-bond acceptors (Lipinski definition) is 7. The summed E-state index contributed by atoms with van der Waals surface area (Å²) in [7, 11) is 0. The molecule has 1 unspecified atom stereocenters. The van der Waals surface area contributed by atoms with Gasteiger partial charge in [-0.15, -0.1) is 10.2 Å². The SMILES string of the molecule is CCOC(=O)C1CCN(C(=O)C(C)Sc2nnc(N3CCCC3)n2-c2cccc(Cl)c2)CC1. The number of aromatic nitrogens is 3. The number of nitrogens with zero attached hydrogens (tertiary/aromatic N) is 5. The number of likely N-dealkylation sites (tertiary alicyclic amines) is 1. The number of halogens is 1. The number of carbonyl (C=O) groups excluding carboxylic acids is 2. The number of hydrogen-bond donors (Lipinski definition) is 0. The van der Waals surface area contributed by atoms with Gasteiger partial charge in [-0.3, -0.25) is 14.2 Å². The summed E-state index contributed by atoms with van der Waals surface area (Å²) in [5.74, 6) is 0.555. The minimum Gasteiger partial charge on any atom is -0.466 e. The number of anilines is 1. The van der Waals surface area contributed by atoms with E-state index >= 15 is 0 Å². The molecule has 1 aromatic carbocycles. The lowest BCUT2D eigenvalue weighted by Crippen LogP contribution is -2.43. The molecule has 0 aliphatic carbocycles. The Labute approximate surface area is 203 Å². The second-order valence-electron chi connectivity index (χ2n) is 8.40. The van der Waals surface area contributed by atoms with Crippen molar-refractivity contribution in [1.29, 1.82) is 0 Å². The summed E-state index contributed by atoms with van der Waals surface area (Å²) < 4.78 is 7.13. The lowest BCUT2D eigenvalue weighted by atomic mass is 9.97. The third-order valence-corrected chi connectivity index (χ3v) is 7.39. The van der Waals surface area contributed by atoms with E-state index in [2.05, 4.69) is 15.1 Å². The molecule has 0 spiro atoms. The highest BCUT2D eigenvalue weighted by Crippen LogP contribution is 2.32. The third kappa shape index (κ3) is 5.46. The molecular formula is C23H30ClN5O3S. The fourth-order valence-corrected chi connectivity index (χ4v) is 5.49. The molecule has 1 aromatic heterocycles. The van der Waals surface area contributed by atoms with E-state index < -0.39 is 0 Å². The largest absolute Gasteiger partial charge is 0.466 e. The molecule has 178 valence electrons. The normalized spacial score (nSPS) is 17.9. The van der Waals surface area contributed by atoms with Crippen LogP contribution in [0.2, 0.25) is 5.02 Å². The number of rotatable bonds is 7. The van der Waals surface area contributed by atoms with Gasteiger partial charge in [0.25, 0.3) is 0 Å². The van der Waals surface area contributed by atoms with Gasteiger partial charge in [0, 0.05) is 31.2 Å². The number of carbonyl (C=O) groups is 2. The zero-order chi connectivity index (χ0) is 23.4. The van der Waals surface area contributed by atoms with Crippen LogP contribution in [0.1, 0.15) is 39.5 Å². The van der Waals surface area contributed by atoms with E-state index in [-0.39, 0.29) is 23.0 Å². The van der Waals surface area contributed by atoms with Crippen molar-refractivity contribution >= 4 is 41.2 Å². The number of amides is 1. The number of thioether (sulfide) groups is 1. The van der Waals surface area contributed by atoms with Crippen molar-refractivity contribution in [1.82, 2.24) is 19.7 Å². The molecule has 4 rings (SSSR count). The number of ether oxygens (including phenoxy) is 1. The predicted octanol–water partition coefficient (Wildman–Crippen LogP) is 3.80. The first-order valence-electron chi connectivity index (χ1n) is 11.6. The Balaban J connectivity index is 1.48. The van der Waals surface area contributed by atoms with E-state index in [4.69, 9.17) is 16.3 Å². The van der Waals surface area contributed by atoms with E-state index in [0.29, 0.717) is 42.7 Å². The van der Waals surface area contributed by atoms with Gasteiger partial charge in [-0.1, -0.05) is 29.4 Å². The average molecular weight is 492 g/mol. The van der Waals surface area contributed by atoms with E-state index in [0.717, 1.165) is 37.6 Å². The van der Waals surface area contributed by atoms with Gasteiger partial charge < -0.3 is 14.5 Å². The average Bonchev–Trinajstić information content (AvgIpc) is 3.49. The van der Waals surface area contributed by atoms with Gasteiger partial charge in [0.2, 0.25) is 11.9 Å². The first-order valence-corrected chi connectivity index (χ1v) is 12.8. The second-order valence-corrected chi connectivity index (χ2v) is 10.1.